The van der Waals surface area contributed by atoms with Crippen molar-refractivity contribution in [2.24, 2.45) is 0 Å². The second-order valence-electron chi connectivity index (χ2n) is 3.02. The molecule has 0 saturated carbocycles. The number of aromatic nitrogens is 2. The minimum absolute atomic E-state index is 0.253. The molecule has 0 aliphatic rings. The number of nitrogens with zero attached hydrogens (tertiary/aromatic N) is 2. The molecule has 1 heterocycles. The molecule has 0 N–H and O–H groups in total. The molecule has 0 bridgehead atoms. The smallest absolute Gasteiger partial charge is 0.222 e. The fourth-order valence-corrected chi connectivity index (χ4v) is 1.51. The normalized spacial score (nSPS) is 10.4. The summed E-state index contributed by atoms with van der Waals surface area (Å²) >= 11 is 5.69. The number of hydrogen-bond donors (Lipinski definition) is 0. The number of benzene rings is 1. The van der Waals surface area contributed by atoms with Crippen molar-refractivity contribution in [2.75, 3.05) is 7.11 Å². The summed E-state index contributed by atoms with van der Waals surface area (Å²) in [5.41, 5.74) is 1.86. The molecule has 1 aromatic heterocycles. The van der Waals surface area contributed by atoms with Gasteiger partial charge in [0.1, 0.15) is 13.6 Å². The van der Waals surface area contributed by atoms with Crippen molar-refractivity contribution in [3.05, 3.63) is 23.6 Å². The van der Waals surface area contributed by atoms with E-state index in [4.69, 9.17) is 16.3 Å². The summed E-state index contributed by atoms with van der Waals surface area (Å²) in [5.74, 6) is 0.812. The van der Waals surface area contributed by atoms with Crippen LogP contribution in [0.3, 0.4) is 0 Å². The maximum absolute atomic E-state index is 5.69. The van der Waals surface area contributed by atoms with E-state index >= 15 is 0 Å². The summed E-state index contributed by atoms with van der Waals surface area (Å²) in [7, 11) is 3.61. The van der Waals surface area contributed by atoms with Crippen LogP contribution < -0.4 is 10.2 Å². The number of hydrogen-bond acceptors (Lipinski definition) is 3. The van der Waals surface area contributed by atoms with Crippen LogP contribution in [0.25, 0.3) is 10.9 Å². The number of methoxy groups -OCH3 is 1. The largest absolute Gasteiger partial charge is 0.497 e. The fraction of sp³-hybridized carbons (Fsp3) is 0.111. The van der Waals surface area contributed by atoms with Crippen LogP contribution in [0, 0.1) is 0 Å². The first kappa shape index (κ1) is 9.28. The molecule has 70 valence electrons. The third-order valence-corrected chi connectivity index (χ3v) is 2.25. The zero-order valence-corrected chi connectivity index (χ0v) is 8.67. The van der Waals surface area contributed by atoms with E-state index in [0.717, 1.165) is 22.1 Å². The van der Waals surface area contributed by atoms with Gasteiger partial charge in [0.05, 0.1) is 12.6 Å². The molecular weight excluding hydrogens is 198 g/mol. The maximum atomic E-state index is 5.69. The average molecular weight is 206 g/mol. The van der Waals surface area contributed by atoms with E-state index in [1.54, 1.807) is 13.3 Å². The van der Waals surface area contributed by atoms with Crippen LogP contribution in [0.5, 0.6) is 5.75 Å². The van der Waals surface area contributed by atoms with Crippen LogP contribution >= 0.6 is 11.6 Å². The molecule has 0 radical (unpaired) electrons. The first-order chi connectivity index (χ1) is 6.70. The molecule has 2 aromatic rings. The van der Waals surface area contributed by atoms with Gasteiger partial charge in [0, 0.05) is 17.6 Å². The molecule has 0 unspecified atom stereocenters. The molecule has 2 rings (SSSR count). The predicted molar refractivity (Wildman–Crippen MR) is 59.3 cm³/mol. The Morgan fingerprint density at radius 3 is 2.93 bits per heavy atom. The standard InChI is InChI=1S/C9H8BClN2O/c1-14-8-3-7-5(2-6(8)10)4-12-9(11)13-7/h2-4H,10H2,1H3. The lowest BCUT2D eigenvalue weighted by molar-refractivity contribution is 0.418. The van der Waals surface area contributed by atoms with Crippen molar-refractivity contribution in [1.82, 2.24) is 9.97 Å². The van der Waals surface area contributed by atoms with Crippen LogP contribution in [0.4, 0.5) is 0 Å². The minimum atomic E-state index is 0.253. The van der Waals surface area contributed by atoms with Crippen LogP contribution in [0.2, 0.25) is 5.28 Å². The van der Waals surface area contributed by atoms with Gasteiger partial charge in [-0.25, -0.2) is 9.97 Å². The van der Waals surface area contributed by atoms with Gasteiger partial charge in [0.25, 0.3) is 0 Å². The first-order valence-electron chi connectivity index (χ1n) is 4.17. The second-order valence-corrected chi connectivity index (χ2v) is 3.36. The van der Waals surface area contributed by atoms with Gasteiger partial charge in [0.15, 0.2) is 0 Å². The molecule has 0 fully saturated rings. The van der Waals surface area contributed by atoms with Crippen molar-refractivity contribution < 1.29 is 4.74 Å². The Balaban J connectivity index is 2.73. The number of halogens is 1. The number of rotatable bonds is 1. The molecule has 0 saturated heterocycles. The van der Waals surface area contributed by atoms with Gasteiger partial charge in [-0.05, 0) is 17.1 Å². The van der Waals surface area contributed by atoms with E-state index < -0.39 is 0 Å². The highest BCUT2D eigenvalue weighted by Crippen LogP contribution is 2.16. The summed E-state index contributed by atoms with van der Waals surface area (Å²) < 4.78 is 5.19. The first-order valence-corrected chi connectivity index (χ1v) is 4.55. The summed E-state index contributed by atoms with van der Waals surface area (Å²) in [6.45, 7) is 0. The molecule has 1 aromatic carbocycles. The Labute approximate surface area is 87.5 Å². The Morgan fingerprint density at radius 1 is 1.43 bits per heavy atom. The van der Waals surface area contributed by atoms with Gasteiger partial charge >= 0.3 is 0 Å². The van der Waals surface area contributed by atoms with Crippen LogP contribution in [0.15, 0.2) is 18.3 Å². The molecule has 14 heavy (non-hydrogen) atoms. The monoisotopic (exact) mass is 206 g/mol. The van der Waals surface area contributed by atoms with E-state index in [-0.39, 0.29) is 5.28 Å². The third-order valence-electron chi connectivity index (χ3n) is 2.07. The van der Waals surface area contributed by atoms with Gasteiger partial charge in [0.2, 0.25) is 5.28 Å². The summed E-state index contributed by atoms with van der Waals surface area (Å²) in [6.07, 6.45) is 1.71. The van der Waals surface area contributed by atoms with Crippen LogP contribution in [0.1, 0.15) is 0 Å². The van der Waals surface area contributed by atoms with Gasteiger partial charge in [-0.1, -0.05) is 6.07 Å². The highest BCUT2D eigenvalue weighted by molar-refractivity contribution is 6.35. The average Bonchev–Trinajstić information content (AvgIpc) is 2.17. The molecule has 5 heteroatoms. The third kappa shape index (κ3) is 1.53. The Bertz CT molecular complexity index is 489. The Hall–Kier alpha value is -1.29. The molecular formula is C9H8BClN2O. The summed E-state index contributed by atoms with van der Waals surface area (Å²) in [6, 6.07) is 3.84. The lowest BCUT2D eigenvalue weighted by Crippen LogP contribution is -2.07. The molecule has 0 aliphatic heterocycles. The minimum Gasteiger partial charge on any atom is -0.497 e. The van der Waals surface area contributed by atoms with E-state index in [1.807, 2.05) is 20.0 Å². The van der Waals surface area contributed by atoms with E-state index in [1.165, 1.54) is 0 Å². The summed E-state index contributed by atoms with van der Waals surface area (Å²) in [4.78, 5) is 8.02. The van der Waals surface area contributed by atoms with Crippen molar-refractivity contribution in [3.8, 4) is 5.75 Å². The lowest BCUT2D eigenvalue weighted by atomic mass is 9.93. The molecule has 3 nitrogen and oxygen atoms in total. The molecule has 0 spiro atoms. The fourth-order valence-electron chi connectivity index (χ4n) is 1.37. The molecule has 0 aliphatic carbocycles. The molecule has 0 amide bonds. The molecule has 0 atom stereocenters. The zero-order chi connectivity index (χ0) is 10.1. The highest BCUT2D eigenvalue weighted by Gasteiger charge is 2.03. The van der Waals surface area contributed by atoms with Crippen molar-refractivity contribution in [3.63, 3.8) is 0 Å². The number of fused-ring (bicyclic) bond motifs is 1. The predicted octanol–water partition coefficient (Wildman–Crippen LogP) is 0.550. The van der Waals surface area contributed by atoms with Crippen molar-refractivity contribution >= 4 is 35.8 Å². The second kappa shape index (κ2) is 3.46. The quantitative estimate of drug-likeness (QED) is 0.505. The van der Waals surface area contributed by atoms with Gasteiger partial charge < -0.3 is 4.74 Å². The highest BCUT2D eigenvalue weighted by atomic mass is 35.5. The lowest BCUT2D eigenvalue weighted by Gasteiger charge is -2.05. The SMILES string of the molecule is Bc1cc2cnc(Cl)nc2cc1OC. The van der Waals surface area contributed by atoms with E-state index in [2.05, 4.69) is 9.97 Å². The van der Waals surface area contributed by atoms with Gasteiger partial charge in [-0.2, -0.15) is 0 Å². The Kier molecular flexibility index (Phi) is 2.29. The van der Waals surface area contributed by atoms with E-state index in [0.29, 0.717) is 0 Å². The van der Waals surface area contributed by atoms with Crippen molar-refractivity contribution in [2.45, 2.75) is 0 Å². The topological polar surface area (TPSA) is 35.0 Å². The summed E-state index contributed by atoms with van der Waals surface area (Å²) in [5, 5.41) is 1.22. The zero-order valence-electron chi connectivity index (χ0n) is 7.91. The van der Waals surface area contributed by atoms with Crippen LogP contribution in [-0.4, -0.2) is 24.9 Å². The van der Waals surface area contributed by atoms with E-state index in [9.17, 15) is 0 Å². The maximum Gasteiger partial charge on any atom is 0.222 e. The van der Waals surface area contributed by atoms with Crippen molar-refractivity contribution in [1.29, 1.82) is 0 Å². The van der Waals surface area contributed by atoms with Crippen LogP contribution in [-0.2, 0) is 0 Å². The van der Waals surface area contributed by atoms with Gasteiger partial charge in [-0.15, -0.1) is 0 Å². The Morgan fingerprint density at radius 2 is 2.21 bits per heavy atom. The number of ether oxygens (including phenoxy) is 1. The van der Waals surface area contributed by atoms with Gasteiger partial charge in [-0.3, -0.25) is 0 Å².